The smallest absolute Gasteiger partial charge is 0.261 e. The van der Waals surface area contributed by atoms with E-state index in [9.17, 15) is 9.59 Å². The number of amides is 1. The number of piperazine rings is 1. The number of hydrogen-bond donors (Lipinski definition) is 0. The second kappa shape index (κ2) is 7.35. The van der Waals surface area contributed by atoms with Gasteiger partial charge in [-0.25, -0.2) is 4.98 Å². The number of aryl methyl sites for hydroxylation is 1. The molecule has 0 aliphatic carbocycles. The van der Waals surface area contributed by atoms with Crippen molar-refractivity contribution < 1.29 is 4.79 Å². The zero-order valence-electron chi connectivity index (χ0n) is 15.2. The maximum Gasteiger partial charge on any atom is 0.261 e. The number of rotatable bonds is 4. The molecule has 6 heteroatoms. The Balaban J connectivity index is 1.69. The van der Waals surface area contributed by atoms with Gasteiger partial charge in [-0.1, -0.05) is 26.0 Å². The van der Waals surface area contributed by atoms with Gasteiger partial charge in [0.25, 0.3) is 5.56 Å². The van der Waals surface area contributed by atoms with E-state index in [1.807, 2.05) is 24.0 Å². The van der Waals surface area contributed by atoms with Crippen LogP contribution in [-0.4, -0.2) is 58.0 Å². The number of carbonyl (C=O) groups is 1. The molecule has 0 radical (unpaired) electrons. The molecule has 0 unspecified atom stereocenters. The van der Waals surface area contributed by atoms with E-state index in [0.29, 0.717) is 16.8 Å². The van der Waals surface area contributed by atoms with Crippen LogP contribution in [0.1, 0.15) is 19.4 Å². The summed E-state index contributed by atoms with van der Waals surface area (Å²) < 4.78 is 1.42. The minimum Gasteiger partial charge on any atom is -0.339 e. The van der Waals surface area contributed by atoms with Gasteiger partial charge in [0.05, 0.1) is 17.2 Å². The lowest BCUT2D eigenvalue weighted by molar-refractivity contribution is -0.133. The molecule has 1 fully saturated rings. The van der Waals surface area contributed by atoms with E-state index in [-0.39, 0.29) is 18.0 Å². The summed E-state index contributed by atoms with van der Waals surface area (Å²) in [6.07, 6.45) is 1.49. The maximum absolute atomic E-state index is 12.6. The van der Waals surface area contributed by atoms with Crippen LogP contribution in [0.5, 0.6) is 0 Å². The van der Waals surface area contributed by atoms with Gasteiger partial charge in [0.15, 0.2) is 0 Å². The van der Waals surface area contributed by atoms with Crippen LogP contribution in [0.3, 0.4) is 0 Å². The van der Waals surface area contributed by atoms with Gasteiger partial charge in [0.1, 0.15) is 6.54 Å². The fourth-order valence-corrected chi connectivity index (χ4v) is 3.39. The third kappa shape index (κ3) is 3.90. The van der Waals surface area contributed by atoms with E-state index in [1.54, 1.807) is 6.07 Å². The van der Waals surface area contributed by atoms with Crippen molar-refractivity contribution in [3.63, 3.8) is 0 Å². The third-order valence-electron chi connectivity index (χ3n) is 4.71. The van der Waals surface area contributed by atoms with E-state index in [0.717, 1.165) is 38.3 Å². The molecule has 6 nitrogen and oxygen atoms in total. The fraction of sp³-hybridized carbons (Fsp3) is 0.526. The van der Waals surface area contributed by atoms with Crippen LogP contribution in [0.25, 0.3) is 10.9 Å². The summed E-state index contributed by atoms with van der Waals surface area (Å²) >= 11 is 0. The molecule has 0 atom stereocenters. The summed E-state index contributed by atoms with van der Waals surface area (Å²) in [7, 11) is 0. The van der Waals surface area contributed by atoms with Gasteiger partial charge in [-0.15, -0.1) is 0 Å². The van der Waals surface area contributed by atoms with Crippen LogP contribution in [0, 0.1) is 12.8 Å². The Morgan fingerprint density at radius 3 is 2.60 bits per heavy atom. The average molecular weight is 342 g/mol. The number of nitrogens with zero attached hydrogens (tertiary/aromatic N) is 4. The molecule has 0 spiro atoms. The van der Waals surface area contributed by atoms with Crippen LogP contribution < -0.4 is 5.56 Å². The Kier molecular flexibility index (Phi) is 5.18. The molecule has 1 aromatic carbocycles. The highest BCUT2D eigenvalue weighted by molar-refractivity contribution is 5.81. The largest absolute Gasteiger partial charge is 0.339 e. The number of para-hydroxylation sites is 1. The Bertz CT molecular complexity index is 820. The SMILES string of the molecule is Cc1cccc2c(=O)n(CC(=O)N3CCN(CC(C)C)CC3)cnc12. The number of aromatic nitrogens is 2. The van der Waals surface area contributed by atoms with Crippen LogP contribution >= 0.6 is 0 Å². The van der Waals surface area contributed by atoms with Gasteiger partial charge < -0.3 is 4.90 Å². The molecule has 1 saturated heterocycles. The van der Waals surface area contributed by atoms with Crippen LogP contribution in [0.2, 0.25) is 0 Å². The first-order chi connectivity index (χ1) is 12.0. The van der Waals surface area contributed by atoms with E-state index in [4.69, 9.17) is 0 Å². The molecule has 2 aromatic rings. The summed E-state index contributed by atoms with van der Waals surface area (Å²) in [5.74, 6) is 0.619. The minimum atomic E-state index is -0.152. The first-order valence-corrected chi connectivity index (χ1v) is 8.90. The summed E-state index contributed by atoms with van der Waals surface area (Å²) in [6.45, 7) is 10.7. The molecule has 0 bridgehead atoms. The Morgan fingerprint density at radius 2 is 1.92 bits per heavy atom. The maximum atomic E-state index is 12.6. The van der Waals surface area contributed by atoms with E-state index >= 15 is 0 Å². The van der Waals surface area contributed by atoms with Crippen LogP contribution in [0.4, 0.5) is 0 Å². The van der Waals surface area contributed by atoms with Crippen LogP contribution in [-0.2, 0) is 11.3 Å². The predicted octanol–water partition coefficient (Wildman–Crippen LogP) is 1.51. The summed E-state index contributed by atoms with van der Waals surface area (Å²) in [5.41, 5.74) is 1.52. The zero-order chi connectivity index (χ0) is 18.0. The van der Waals surface area contributed by atoms with Gasteiger partial charge >= 0.3 is 0 Å². The summed E-state index contributed by atoms with van der Waals surface area (Å²) in [4.78, 5) is 33.8. The van der Waals surface area contributed by atoms with Gasteiger partial charge in [0.2, 0.25) is 5.91 Å². The monoisotopic (exact) mass is 342 g/mol. The van der Waals surface area contributed by atoms with Crippen molar-refractivity contribution in [1.82, 2.24) is 19.4 Å². The summed E-state index contributed by atoms with van der Waals surface area (Å²) in [5, 5.41) is 0.567. The van der Waals surface area contributed by atoms with Crippen molar-refractivity contribution in [2.24, 2.45) is 5.92 Å². The molecule has 134 valence electrons. The highest BCUT2D eigenvalue weighted by Crippen LogP contribution is 2.11. The number of benzene rings is 1. The molecule has 0 N–H and O–H groups in total. The standard InChI is InChI=1S/C19H26N4O2/c1-14(2)11-21-7-9-22(10-8-21)17(24)12-23-13-20-18-15(3)5-4-6-16(18)19(23)25/h4-6,13-14H,7-12H2,1-3H3. The molecule has 1 amide bonds. The number of carbonyl (C=O) groups excluding carboxylic acids is 1. The van der Waals surface area contributed by atoms with Gasteiger partial charge in [-0.2, -0.15) is 0 Å². The lowest BCUT2D eigenvalue weighted by Gasteiger charge is -2.35. The van der Waals surface area contributed by atoms with Crippen molar-refractivity contribution in [2.75, 3.05) is 32.7 Å². The van der Waals surface area contributed by atoms with E-state index in [2.05, 4.69) is 23.7 Å². The Labute approximate surface area is 148 Å². The Hall–Kier alpha value is -2.21. The van der Waals surface area contributed by atoms with Crippen molar-refractivity contribution in [2.45, 2.75) is 27.3 Å². The minimum absolute atomic E-state index is 0.0138. The average Bonchev–Trinajstić information content (AvgIpc) is 2.58. The second-order valence-corrected chi connectivity index (χ2v) is 7.22. The van der Waals surface area contributed by atoms with Gasteiger partial charge in [-0.05, 0) is 24.5 Å². The lowest BCUT2D eigenvalue weighted by atomic mass is 10.1. The van der Waals surface area contributed by atoms with Crippen molar-refractivity contribution in [1.29, 1.82) is 0 Å². The normalized spacial score (nSPS) is 15.9. The molecule has 1 aromatic heterocycles. The molecule has 1 aliphatic rings. The van der Waals surface area contributed by atoms with Gasteiger partial charge in [-0.3, -0.25) is 19.1 Å². The van der Waals surface area contributed by atoms with Crippen molar-refractivity contribution >= 4 is 16.8 Å². The Morgan fingerprint density at radius 1 is 1.20 bits per heavy atom. The molecule has 1 aliphatic heterocycles. The van der Waals surface area contributed by atoms with Crippen molar-refractivity contribution in [3.05, 3.63) is 40.4 Å². The predicted molar refractivity (Wildman–Crippen MR) is 98.6 cm³/mol. The summed E-state index contributed by atoms with van der Waals surface area (Å²) in [6, 6.07) is 5.55. The van der Waals surface area contributed by atoms with Crippen molar-refractivity contribution in [3.8, 4) is 0 Å². The third-order valence-corrected chi connectivity index (χ3v) is 4.71. The molecule has 2 heterocycles. The first-order valence-electron chi connectivity index (χ1n) is 8.90. The van der Waals surface area contributed by atoms with Crippen LogP contribution in [0.15, 0.2) is 29.3 Å². The van der Waals surface area contributed by atoms with E-state index in [1.165, 1.54) is 10.9 Å². The first kappa shape index (κ1) is 17.6. The van der Waals surface area contributed by atoms with Gasteiger partial charge in [0, 0.05) is 32.7 Å². The number of hydrogen-bond acceptors (Lipinski definition) is 4. The zero-order valence-corrected chi connectivity index (χ0v) is 15.2. The second-order valence-electron chi connectivity index (χ2n) is 7.22. The molecule has 3 rings (SSSR count). The highest BCUT2D eigenvalue weighted by atomic mass is 16.2. The lowest BCUT2D eigenvalue weighted by Crippen LogP contribution is -2.50. The molecular weight excluding hydrogens is 316 g/mol. The molecule has 25 heavy (non-hydrogen) atoms. The van der Waals surface area contributed by atoms with E-state index < -0.39 is 0 Å². The fourth-order valence-electron chi connectivity index (χ4n) is 3.39. The number of fused-ring (bicyclic) bond motifs is 1. The quantitative estimate of drug-likeness (QED) is 0.845. The highest BCUT2D eigenvalue weighted by Gasteiger charge is 2.22. The molecular formula is C19H26N4O2. The topological polar surface area (TPSA) is 58.4 Å². The molecule has 0 saturated carbocycles.